The number of fused-ring (bicyclic) bond motifs is 1. The molecule has 0 spiro atoms. The number of hydrogen-bond acceptors (Lipinski definition) is 3. The maximum Gasteiger partial charge on any atom is 0.227 e. The fraction of sp³-hybridized carbons (Fsp3) is 0.409. The second-order valence-corrected chi connectivity index (χ2v) is 7.13. The molecule has 138 valence electrons. The zero-order chi connectivity index (χ0) is 18.5. The van der Waals surface area contributed by atoms with E-state index >= 15 is 0 Å². The number of hydrogen-bond donors (Lipinski definition) is 1. The molecule has 1 heterocycles. The van der Waals surface area contributed by atoms with Gasteiger partial charge in [-0.1, -0.05) is 50.2 Å². The third-order valence-corrected chi connectivity index (χ3v) is 4.99. The van der Waals surface area contributed by atoms with Gasteiger partial charge in [-0.25, -0.2) is 0 Å². The van der Waals surface area contributed by atoms with E-state index in [1.54, 1.807) is 0 Å². The summed E-state index contributed by atoms with van der Waals surface area (Å²) in [6.45, 7) is 8.05. The van der Waals surface area contributed by atoms with Gasteiger partial charge in [-0.2, -0.15) is 0 Å². The van der Waals surface area contributed by atoms with E-state index in [4.69, 9.17) is 9.47 Å². The van der Waals surface area contributed by atoms with E-state index < -0.39 is 0 Å². The Kier molecular flexibility index (Phi) is 5.82. The predicted molar refractivity (Wildman–Crippen MR) is 103 cm³/mol. The summed E-state index contributed by atoms with van der Waals surface area (Å²) in [5.74, 6) is 2.00. The molecule has 2 atom stereocenters. The molecule has 3 rings (SSSR count). The first-order chi connectivity index (χ1) is 12.6. The van der Waals surface area contributed by atoms with Crippen LogP contribution in [0.25, 0.3) is 0 Å². The van der Waals surface area contributed by atoms with E-state index in [2.05, 4.69) is 31.3 Å². The highest BCUT2D eigenvalue weighted by Gasteiger charge is 2.21. The highest BCUT2D eigenvalue weighted by molar-refractivity contribution is 5.83. The van der Waals surface area contributed by atoms with Crippen LogP contribution in [0.3, 0.4) is 0 Å². The van der Waals surface area contributed by atoms with Crippen LogP contribution in [0.15, 0.2) is 48.5 Å². The molecule has 0 bridgehead atoms. The van der Waals surface area contributed by atoms with Gasteiger partial charge < -0.3 is 14.8 Å². The molecule has 2 aromatic carbocycles. The fourth-order valence-electron chi connectivity index (χ4n) is 3.28. The average Bonchev–Trinajstić information content (AvgIpc) is 2.67. The first-order valence-corrected chi connectivity index (χ1v) is 9.28. The van der Waals surface area contributed by atoms with Crippen molar-refractivity contribution in [2.45, 2.75) is 32.6 Å². The molecular formula is C22H27NO3. The van der Waals surface area contributed by atoms with Crippen LogP contribution >= 0.6 is 0 Å². The van der Waals surface area contributed by atoms with Crippen molar-refractivity contribution in [3.63, 3.8) is 0 Å². The van der Waals surface area contributed by atoms with Crippen molar-refractivity contribution in [2.75, 3.05) is 19.8 Å². The highest BCUT2D eigenvalue weighted by Crippen LogP contribution is 2.33. The quantitative estimate of drug-likeness (QED) is 0.850. The summed E-state index contributed by atoms with van der Waals surface area (Å²) in [7, 11) is 0. The van der Waals surface area contributed by atoms with Crippen LogP contribution in [0, 0.1) is 5.92 Å². The standard InChI is InChI=1S/C22H27NO3/c1-15(2)19(17-7-5-4-6-8-17)14-23-22(24)16(3)18-9-10-20-21(13-18)26-12-11-25-20/h4-10,13,15-16,19H,11-12,14H2,1-3H3,(H,23,24). The number of rotatable bonds is 6. The highest BCUT2D eigenvalue weighted by atomic mass is 16.6. The number of amides is 1. The van der Waals surface area contributed by atoms with Gasteiger partial charge in [-0.3, -0.25) is 4.79 Å². The molecule has 0 radical (unpaired) electrons. The van der Waals surface area contributed by atoms with Gasteiger partial charge in [0, 0.05) is 12.5 Å². The summed E-state index contributed by atoms with van der Waals surface area (Å²) in [6.07, 6.45) is 0. The van der Waals surface area contributed by atoms with Crippen LogP contribution in [-0.2, 0) is 4.79 Å². The first kappa shape index (κ1) is 18.3. The Bertz CT molecular complexity index is 742. The summed E-state index contributed by atoms with van der Waals surface area (Å²) in [5.41, 5.74) is 2.20. The van der Waals surface area contributed by atoms with Crippen LogP contribution in [0.4, 0.5) is 0 Å². The number of ether oxygens (including phenoxy) is 2. The molecule has 4 heteroatoms. The molecule has 0 aromatic heterocycles. The normalized spacial score (nSPS) is 15.4. The number of carbonyl (C=O) groups is 1. The van der Waals surface area contributed by atoms with Crippen LogP contribution in [-0.4, -0.2) is 25.7 Å². The molecule has 1 aliphatic heterocycles. The first-order valence-electron chi connectivity index (χ1n) is 9.28. The van der Waals surface area contributed by atoms with Gasteiger partial charge in [0.15, 0.2) is 11.5 Å². The van der Waals surface area contributed by atoms with E-state index in [0.717, 1.165) is 17.1 Å². The third-order valence-electron chi connectivity index (χ3n) is 4.99. The van der Waals surface area contributed by atoms with Crippen molar-refractivity contribution >= 4 is 5.91 Å². The molecule has 0 saturated heterocycles. The lowest BCUT2D eigenvalue weighted by Gasteiger charge is -2.24. The van der Waals surface area contributed by atoms with Crippen molar-refractivity contribution in [1.29, 1.82) is 0 Å². The van der Waals surface area contributed by atoms with Gasteiger partial charge in [-0.15, -0.1) is 0 Å². The smallest absolute Gasteiger partial charge is 0.227 e. The lowest BCUT2D eigenvalue weighted by Crippen LogP contribution is -2.33. The van der Waals surface area contributed by atoms with Crippen LogP contribution < -0.4 is 14.8 Å². The van der Waals surface area contributed by atoms with Crippen molar-refractivity contribution in [3.05, 3.63) is 59.7 Å². The molecule has 1 amide bonds. The Morgan fingerprint density at radius 1 is 0.962 bits per heavy atom. The third kappa shape index (κ3) is 4.18. The average molecular weight is 353 g/mol. The molecule has 2 aromatic rings. The van der Waals surface area contributed by atoms with Gasteiger partial charge in [0.1, 0.15) is 13.2 Å². The van der Waals surface area contributed by atoms with Gasteiger partial charge in [0.2, 0.25) is 5.91 Å². The van der Waals surface area contributed by atoms with Crippen LogP contribution in [0.2, 0.25) is 0 Å². The Labute approximate surface area is 155 Å². The van der Waals surface area contributed by atoms with Gasteiger partial charge in [0.25, 0.3) is 0 Å². The number of carbonyl (C=O) groups excluding carboxylic acids is 1. The van der Waals surface area contributed by atoms with Gasteiger partial charge >= 0.3 is 0 Å². The number of benzene rings is 2. The zero-order valence-electron chi connectivity index (χ0n) is 15.7. The van der Waals surface area contributed by atoms with Gasteiger partial charge in [-0.05, 0) is 36.1 Å². The van der Waals surface area contributed by atoms with E-state index in [9.17, 15) is 4.79 Å². The second-order valence-electron chi connectivity index (χ2n) is 7.13. The minimum absolute atomic E-state index is 0.0308. The maximum atomic E-state index is 12.7. The molecule has 0 saturated carbocycles. The summed E-state index contributed by atoms with van der Waals surface area (Å²) in [5, 5.41) is 3.13. The van der Waals surface area contributed by atoms with Gasteiger partial charge in [0.05, 0.1) is 5.92 Å². The predicted octanol–water partition coefficient (Wildman–Crippen LogP) is 4.12. The molecular weight excluding hydrogens is 326 g/mol. The van der Waals surface area contributed by atoms with E-state index in [1.807, 2.05) is 43.3 Å². The van der Waals surface area contributed by atoms with Crippen LogP contribution in [0.5, 0.6) is 11.5 Å². The minimum Gasteiger partial charge on any atom is -0.486 e. The summed E-state index contributed by atoms with van der Waals surface area (Å²) in [4.78, 5) is 12.7. The zero-order valence-corrected chi connectivity index (χ0v) is 15.7. The molecule has 1 N–H and O–H groups in total. The van der Waals surface area contributed by atoms with E-state index in [1.165, 1.54) is 5.56 Å². The summed E-state index contributed by atoms with van der Waals surface area (Å²) >= 11 is 0. The van der Waals surface area contributed by atoms with E-state index in [-0.39, 0.29) is 11.8 Å². The molecule has 0 aliphatic carbocycles. The Balaban J connectivity index is 1.65. The Morgan fingerprint density at radius 2 is 1.65 bits per heavy atom. The monoisotopic (exact) mass is 353 g/mol. The van der Waals surface area contributed by atoms with Crippen molar-refractivity contribution < 1.29 is 14.3 Å². The SMILES string of the molecule is CC(C(=O)NCC(c1ccccc1)C(C)C)c1ccc2c(c1)OCCO2. The van der Waals surface area contributed by atoms with Crippen molar-refractivity contribution in [1.82, 2.24) is 5.32 Å². The topological polar surface area (TPSA) is 47.6 Å². The molecule has 4 nitrogen and oxygen atoms in total. The lowest BCUT2D eigenvalue weighted by molar-refractivity contribution is -0.122. The van der Waals surface area contributed by atoms with Crippen molar-refractivity contribution in [2.24, 2.45) is 5.92 Å². The largest absolute Gasteiger partial charge is 0.486 e. The molecule has 26 heavy (non-hydrogen) atoms. The summed E-state index contributed by atoms with van der Waals surface area (Å²) in [6, 6.07) is 16.1. The van der Waals surface area contributed by atoms with E-state index in [0.29, 0.717) is 31.6 Å². The fourth-order valence-corrected chi connectivity index (χ4v) is 3.28. The second kappa shape index (κ2) is 8.26. The van der Waals surface area contributed by atoms with Crippen LogP contribution in [0.1, 0.15) is 43.7 Å². The molecule has 0 fully saturated rings. The lowest BCUT2D eigenvalue weighted by atomic mass is 9.88. The molecule has 1 aliphatic rings. The molecule has 2 unspecified atom stereocenters. The van der Waals surface area contributed by atoms with Crippen molar-refractivity contribution in [3.8, 4) is 11.5 Å². The minimum atomic E-state index is -0.241. The number of nitrogens with one attached hydrogen (secondary N) is 1. The Hall–Kier alpha value is -2.49. The Morgan fingerprint density at radius 3 is 2.35 bits per heavy atom. The summed E-state index contributed by atoms with van der Waals surface area (Å²) < 4.78 is 11.2. The maximum absolute atomic E-state index is 12.7.